The van der Waals surface area contributed by atoms with Gasteiger partial charge in [-0.15, -0.1) is 0 Å². The second-order valence-electron chi connectivity index (χ2n) is 4.18. The van der Waals surface area contributed by atoms with E-state index in [2.05, 4.69) is 24.3 Å². The summed E-state index contributed by atoms with van der Waals surface area (Å²) in [6.45, 7) is 1.27. The third-order valence-electron chi connectivity index (χ3n) is 3.12. The van der Waals surface area contributed by atoms with Gasteiger partial charge in [-0.3, -0.25) is 0 Å². The van der Waals surface area contributed by atoms with E-state index in [-0.39, 0.29) is 6.10 Å². The van der Waals surface area contributed by atoms with Gasteiger partial charge in [0.1, 0.15) is 0 Å². The normalized spacial score (nSPS) is 18.5. The fourth-order valence-electron chi connectivity index (χ4n) is 2.08. The summed E-state index contributed by atoms with van der Waals surface area (Å²) in [5.41, 5.74) is 6.79. The van der Waals surface area contributed by atoms with E-state index in [9.17, 15) is 0 Å². The van der Waals surface area contributed by atoms with Crippen molar-refractivity contribution in [2.24, 2.45) is 11.7 Å². The molecule has 1 fully saturated rings. The van der Waals surface area contributed by atoms with Crippen LogP contribution in [0.25, 0.3) is 0 Å². The molecule has 2 heteroatoms. The van der Waals surface area contributed by atoms with Crippen molar-refractivity contribution in [3.05, 3.63) is 35.9 Å². The van der Waals surface area contributed by atoms with Crippen LogP contribution in [0.4, 0.5) is 0 Å². The van der Waals surface area contributed by atoms with Crippen LogP contribution in [0.1, 0.15) is 30.9 Å². The Bertz CT molecular complexity index is 282. The van der Waals surface area contributed by atoms with Crippen molar-refractivity contribution < 1.29 is 4.74 Å². The van der Waals surface area contributed by atoms with E-state index in [0.717, 1.165) is 0 Å². The van der Waals surface area contributed by atoms with Gasteiger partial charge in [0.05, 0.1) is 12.7 Å². The largest absolute Gasteiger partial charge is 0.372 e. The lowest BCUT2D eigenvalue weighted by molar-refractivity contribution is -0.0119. The third-order valence-corrected chi connectivity index (χ3v) is 3.12. The highest BCUT2D eigenvalue weighted by Gasteiger charge is 2.28. The Hall–Kier alpha value is -0.860. The van der Waals surface area contributed by atoms with Crippen LogP contribution in [0.15, 0.2) is 30.3 Å². The highest BCUT2D eigenvalue weighted by Crippen LogP contribution is 2.39. The number of ether oxygens (including phenoxy) is 1. The Balaban J connectivity index is 2.04. The van der Waals surface area contributed by atoms with E-state index in [4.69, 9.17) is 10.5 Å². The molecule has 1 aliphatic rings. The highest BCUT2D eigenvalue weighted by atomic mass is 16.5. The summed E-state index contributed by atoms with van der Waals surface area (Å²) in [5, 5.41) is 0. The standard InChI is InChI=1S/C13H19NO/c14-9-10-15-13(12-7-4-8-12)11-5-2-1-3-6-11/h1-3,5-6,12-13H,4,7-10,14H2/t13-/m1/s1. The molecule has 0 aromatic heterocycles. The lowest BCUT2D eigenvalue weighted by Crippen LogP contribution is -2.24. The van der Waals surface area contributed by atoms with E-state index < -0.39 is 0 Å². The summed E-state index contributed by atoms with van der Waals surface area (Å²) in [4.78, 5) is 0. The van der Waals surface area contributed by atoms with E-state index in [1.807, 2.05) is 6.07 Å². The first-order valence-corrected chi connectivity index (χ1v) is 5.78. The quantitative estimate of drug-likeness (QED) is 0.801. The summed E-state index contributed by atoms with van der Waals surface area (Å²) in [5.74, 6) is 0.707. The molecule has 1 aromatic rings. The lowest BCUT2D eigenvalue weighted by Gasteiger charge is -2.33. The first-order valence-electron chi connectivity index (χ1n) is 5.78. The molecule has 2 N–H and O–H groups in total. The minimum atomic E-state index is 0.267. The average Bonchev–Trinajstić information content (AvgIpc) is 2.22. The van der Waals surface area contributed by atoms with Gasteiger partial charge in [-0.05, 0) is 24.3 Å². The number of hydrogen-bond acceptors (Lipinski definition) is 2. The molecule has 1 atom stereocenters. The predicted octanol–water partition coefficient (Wildman–Crippen LogP) is 2.50. The maximum atomic E-state index is 5.86. The molecule has 0 amide bonds. The van der Waals surface area contributed by atoms with Crippen LogP contribution in [0, 0.1) is 5.92 Å². The zero-order valence-corrected chi connectivity index (χ0v) is 9.06. The van der Waals surface area contributed by atoms with Gasteiger partial charge in [0.2, 0.25) is 0 Å². The fraction of sp³-hybridized carbons (Fsp3) is 0.538. The molecule has 1 aliphatic carbocycles. The van der Waals surface area contributed by atoms with Crippen LogP contribution in [0.5, 0.6) is 0 Å². The van der Waals surface area contributed by atoms with E-state index in [1.165, 1.54) is 24.8 Å². The SMILES string of the molecule is NCCO[C@H](c1ccccc1)C1CCC1. The van der Waals surface area contributed by atoms with Crippen LogP contribution in [-0.2, 0) is 4.74 Å². The number of nitrogens with two attached hydrogens (primary N) is 1. The first-order chi connectivity index (χ1) is 7.42. The Morgan fingerprint density at radius 3 is 2.53 bits per heavy atom. The van der Waals surface area contributed by atoms with Crippen LogP contribution in [0.3, 0.4) is 0 Å². The fourth-order valence-corrected chi connectivity index (χ4v) is 2.08. The van der Waals surface area contributed by atoms with Gasteiger partial charge in [0, 0.05) is 6.54 Å². The monoisotopic (exact) mass is 205 g/mol. The van der Waals surface area contributed by atoms with Gasteiger partial charge < -0.3 is 10.5 Å². The first kappa shape index (κ1) is 10.7. The van der Waals surface area contributed by atoms with Crippen molar-refractivity contribution >= 4 is 0 Å². The molecule has 0 bridgehead atoms. The smallest absolute Gasteiger partial charge is 0.0853 e. The Labute approximate surface area is 91.4 Å². The number of rotatable bonds is 5. The number of hydrogen-bond donors (Lipinski definition) is 1. The molecular weight excluding hydrogens is 186 g/mol. The Morgan fingerprint density at radius 2 is 2.00 bits per heavy atom. The minimum Gasteiger partial charge on any atom is -0.372 e. The molecule has 0 heterocycles. The van der Waals surface area contributed by atoms with Crippen LogP contribution in [0.2, 0.25) is 0 Å². The summed E-state index contributed by atoms with van der Waals surface area (Å²) in [7, 11) is 0. The molecule has 0 aliphatic heterocycles. The average molecular weight is 205 g/mol. The summed E-state index contributed by atoms with van der Waals surface area (Å²) < 4.78 is 5.86. The lowest BCUT2D eigenvalue weighted by atomic mass is 9.78. The minimum absolute atomic E-state index is 0.267. The molecule has 15 heavy (non-hydrogen) atoms. The molecule has 82 valence electrons. The maximum absolute atomic E-state index is 5.86. The summed E-state index contributed by atoms with van der Waals surface area (Å²) >= 11 is 0. The molecule has 0 unspecified atom stereocenters. The Kier molecular flexibility index (Phi) is 3.75. The van der Waals surface area contributed by atoms with Gasteiger partial charge >= 0.3 is 0 Å². The van der Waals surface area contributed by atoms with Crippen LogP contribution in [-0.4, -0.2) is 13.2 Å². The van der Waals surface area contributed by atoms with Gasteiger partial charge in [-0.2, -0.15) is 0 Å². The molecule has 0 radical (unpaired) electrons. The van der Waals surface area contributed by atoms with E-state index in [0.29, 0.717) is 19.1 Å². The molecule has 2 nitrogen and oxygen atoms in total. The van der Waals surface area contributed by atoms with Crippen molar-refractivity contribution in [1.82, 2.24) is 0 Å². The predicted molar refractivity (Wildman–Crippen MR) is 61.5 cm³/mol. The van der Waals surface area contributed by atoms with E-state index >= 15 is 0 Å². The van der Waals surface area contributed by atoms with Gasteiger partial charge in [0.25, 0.3) is 0 Å². The molecule has 2 rings (SSSR count). The van der Waals surface area contributed by atoms with E-state index in [1.54, 1.807) is 0 Å². The molecule has 1 saturated carbocycles. The molecule has 1 aromatic carbocycles. The summed E-state index contributed by atoms with van der Waals surface area (Å²) in [6, 6.07) is 10.5. The molecular formula is C13H19NO. The van der Waals surface area contributed by atoms with Gasteiger partial charge in [0.15, 0.2) is 0 Å². The summed E-state index contributed by atoms with van der Waals surface area (Å²) in [6.07, 6.45) is 4.21. The van der Waals surface area contributed by atoms with Crippen molar-refractivity contribution in [1.29, 1.82) is 0 Å². The maximum Gasteiger partial charge on any atom is 0.0853 e. The van der Waals surface area contributed by atoms with Gasteiger partial charge in [-0.1, -0.05) is 36.8 Å². The van der Waals surface area contributed by atoms with Gasteiger partial charge in [-0.25, -0.2) is 0 Å². The highest BCUT2D eigenvalue weighted by molar-refractivity contribution is 5.18. The second-order valence-corrected chi connectivity index (χ2v) is 4.18. The third kappa shape index (κ3) is 2.58. The van der Waals surface area contributed by atoms with Crippen molar-refractivity contribution in [3.63, 3.8) is 0 Å². The zero-order valence-electron chi connectivity index (χ0n) is 9.06. The molecule has 0 saturated heterocycles. The Morgan fingerprint density at radius 1 is 1.27 bits per heavy atom. The van der Waals surface area contributed by atoms with Crippen molar-refractivity contribution in [2.45, 2.75) is 25.4 Å². The van der Waals surface area contributed by atoms with Crippen LogP contribution < -0.4 is 5.73 Å². The van der Waals surface area contributed by atoms with Crippen molar-refractivity contribution in [3.8, 4) is 0 Å². The van der Waals surface area contributed by atoms with Crippen LogP contribution >= 0.6 is 0 Å². The zero-order chi connectivity index (χ0) is 10.5. The topological polar surface area (TPSA) is 35.2 Å². The van der Waals surface area contributed by atoms with Crippen molar-refractivity contribution in [2.75, 3.05) is 13.2 Å². The molecule has 0 spiro atoms. The number of benzene rings is 1. The second kappa shape index (κ2) is 5.29.